The van der Waals surface area contributed by atoms with Crippen molar-refractivity contribution in [3.05, 3.63) is 29.6 Å². The lowest BCUT2D eigenvalue weighted by molar-refractivity contribution is 0.448. The normalized spacial score (nSPS) is 12.6. The van der Waals surface area contributed by atoms with Crippen LogP contribution in [-0.2, 0) is 0 Å². The average Bonchev–Trinajstić information content (AvgIpc) is 2.19. The molecule has 1 nitrogen and oxygen atoms in total. The minimum Gasteiger partial charge on any atom is -0.380 e. The van der Waals surface area contributed by atoms with Gasteiger partial charge in [-0.25, -0.2) is 13.2 Å². The molecule has 0 saturated carbocycles. The van der Waals surface area contributed by atoms with E-state index in [1.165, 1.54) is 6.07 Å². The van der Waals surface area contributed by atoms with Gasteiger partial charge in [0, 0.05) is 6.04 Å². The largest absolute Gasteiger partial charge is 0.380 e. The molecule has 1 N–H and O–H groups in total. The topological polar surface area (TPSA) is 12.0 Å². The molecule has 78 valence electrons. The van der Waals surface area contributed by atoms with Gasteiger partial charge < -0.3 is 5.32 Å². The quantitative estimate of drug-likeness (QED) is 0.743. The van der Waals surface area contributed by atoms with Gasteiger partial charge in [0.2, 0.25) is 0 Å². The molecule has 0 amide bonds. The third-order valence-electron chi connectivity index (χ3n) is 2.05. The lowest BCUT2D eigenvalue weighted by Gasteiger charge is -2.13. The van der Waals surface area contributed by atoms with Gasteiger partial charge in [0.05, 0.1) is 5.69 Å². The SMILES string of the molecule is CCC(C)Nc1ccc(F)c(F)c1F. The van der Waals surface area contributed by atoms with E-state index < -0.39 is 17.5 Å². The highest BCUT2D eigenvalue weighted by atomic mass is 19.2. The molecule has 0 aromatic heterocycles. The van der Waals surface area contributed by atoms with Crippen molar-refractivity contribution in [1.29, 1.82) is 0 Å². The number of rotatable bonds is 3. The summed E-state index contributed by atoms with van der Waals surface area (Å²) in [4.78, 5) is 0. The molecule has 1 rings (SSSR count). The Morgan fingerprint density at radius 2 is 1.86 bits per heavy atom. The second-order valence-electron chi connectivity index (χ2n) is 3.18. The van der Waals surface area contributed by atoms with Crippen molar-refractivity contribution in [3.63, 3.8) is 0 Å². The van der Waals surface area contributed by atoms with Crippen LogP contribution in [0.5, 0.6) is 0 Å². The molecule has 0 bridgehead atoms. The highest BCUT2D eigenvalue weighted by Crippen LogP contribution is 2.20. The Bertz CT molecular complexity index is 325. The maximum absolute atomic E-state index is 13.1. The molecule has 0 radical (unpaired) electrons. The first kappa shape index (κ1) is 10.9. The second-order valence-corrected chi connectivity index (χ2v) is 3.18. The van der Waals surface area contributed by atoms with E-state index in [0.29, 0.717) is 0 Å². The van der Waals surface area contributed by atoms with Crippen LogP contribution >= 0.6 is 0 Å². The van der Waals surface area contributed by atoms with E-state index in [1.807, 2.05) is 13.8 Å². The molecule has 1 atom stereocenters. The highest BCUT2D eigenvalue weighted by molar-refractivity contribution is 5.45. The Labute approximate surface area is 80.9 Å². The Morgan fingerprint density at radius 3 is 2.43 bits per heavy atom. The van der Waals surface area contributed by atoms with Crippen molar-refractivity contribution >= 4 is 5.69 Å². The zero-order valence-corrected chi connectivity index (χ0v) is 8.07. The molecule has 0 spiro atoms. The van der Waals surface area contributed by atoms with Gasteiger partial charge >= 0.3 is 0 Å². The Morgan fingerprint density at radius 1 is 1.21 bits per heavy atom. The van der Waals surface area contributed by atoms with Crippen LogP contribution in [0, 0.1) is 17.5 Å². The minimum atomic E-state index is -1.43. The molecule has 14 heavy (non-hydrogen) atoms. The minimum absolute atomic E-state index is 0.00162. The van der Waals surface area contributed by atoms with Gasteiger partial charge in [0.1, 0.15) is 0 Å². The van der Waals surface area contributed by atoms with Gasteiger partial charge in [0.15, 0.2) is 17.5 Å². The van der Waals surface area contributed by atoms with E-state index in [1.54, 1.807) is 0 Å². The van der Waals surface area contributed by atoms with Gasteiger partial charge in [-0.15, -0.1) is 0 Å². The molecule has 1 unspecified atom stereocenters. The monoisotopic (exact) mass is 203 g/mol. The van der Waals surface area contributed by atoms with E-state index in [2.05, 4.69) is 5.32 Å². The van der Waals surface area contributed by atoms with Gasteiger partial charge in [-0.3, -0.25) is 0 Å². The van der Waals surface area contributed by atoms with Crippen molar-refractivity contribution in [2.24, 2.45) is 0 Å². The van der Waals surface area contributed by atoms with E-state index in [9.17, 15) is 13.2 Å². The molecule has 0 aliphatic rings. The van der Waals surface area contributed by atoms with Gasteiger partial charge in [-0.2, -0.15) is 0 Å². The molecule has 1 aromatic carbocycles. The summed E-state index contributed by atoms with van der Waals surface area (Å²) in [7, 11) is 0. The van der Waals surface area contributed by atoms with Crippen LogP contribution in [0.3, 0.4) is 0 Å². The van der Waals surface area contributed by atoms with E-state index in [0.717, 1.165) is 12.5 Å². The highest BCUT2D eigenvalue weighted by Gasteiger charge is 2.13. The predicted molar refractivity (Wildman–Crippen MR) is 49.7 cm³/mol. The third kappa shape index (κ3) is 2.19. The lowest BCUT2D eigenvalue weighted by atomic mass is 10.2. The van der Waals surface area contributed by atoms with Crippen molar-refractivity contribution in [3.8, 4) is 0 Å². The number of hydrogen-bond donors (Lipinski definition) is 1. The fourth-order valence-electron chi connectivity index (χ4n) is 1.00. The molecule has 4 heteroatoms. The molecular weight excluding hydrogens is 191 g/mol. The Kier molecular flexibility index (Phi) is 3.38. The van der Waals surface area contributed by atoms with Crippen LogP contribution in [0.1, 0.15) is 20.3 Å². The lowest BCUT2D eigenvalue weighted by Crippen LogP contribution is -2.15. The van der Waals surface area contributed by atoms with E-state index >= 15 is 0 Å². The van der Waals surface area contributed by atoms with Crippen LogP contribution in [0.15, 0.2) is 12.1 Å². The van der Waals surface area contributed by atoms with Crippen LogP contribution < -0.4 is 5.32 Å². The van der Waals surface area contributed by atoms with Crippen LogP contribution in [0.2, 0.25) is 0 Å². The molecule has 0 aliphatic heterocycles. The summed E-state index contributed by atoms with van der Waals surface area (Å²) in [6.45, 7) is 3.75. The summed E-state index contributed by atoms with van der Waals surface area (Å²) in [5, 5.41) is 2.75. The first-order chi connectivity index (χ1) is 6.56. The van der Waals surface area contributed by atoms with Crippen LogP contribution in [-0.4, -0.2) is 6.04 Å². The van der Waals surface area contributed by atoms with Crippen molar-refractivity contribution < 1.29 is 13.2 Å². The zero-order valence-electron chi connectivity index (χ0n) is 8.07. The summed E-state index contributed by atoms with van der Waals surface area (Å²) in [5.41, 5.74) is -0.00162. The van der Waals surface area contributed by atoms with Crippen molar-refractivity contribution in [1.82, 2.24) is 0 Å². The summed E-state index contributed by atoms with van der Waals surface area (Å²) in [6, 6.07) is 2.12. The molecule has 0 saturated heterocycles. The van der Waals surface area contributed by atoms with Gasteiger partial charge in [-0.1, -0.05) is 6.92 Å². The fraction of sp³-hybridized carbons (Fsp3) is 0.400. The summed E-state index contributed by atoms with van der Waals surface area (Å²) >= 11 is 0. The standard InChI is InChI=1S/C10H12F3N/c1-3-6(2)14-8-5-4-7(11)9(12)10(8)13/h4-6,14H,3H2,1-2H3. The van der Waals surface area contributed by atoms with E-state index in [4.69, 9.17) is 0 Å². The summed E-state index contributed by atoms with van der Waals surface area (Å²) in [6.07, 6.45) is 0.776. The zero-order chi connectivity index (χ0) is 10.7. The summed E-state index contributed by atoms with van der Waals surface area (Å²) < 4.78 is 38.4. The first-order valence-electron chi connectivity index (χ1n) is 4.46. The third-order valence-corrected chi connectivity index (χ3v) is 2.05. The second kappa shape index (κ2) is 4.35. The first-order valence-corrected chi connectivity index (χ1v) is 4.46. The Hall–Kier alpha value is -1.19. The maximum atomic E-state index is 13.1. The van der Waals surface area contributed by atoms with Crippen molar-refractivity contribution in [2.45, 2.75) is 26.3 Å². The number of nitrogens with one attached hydrogen (secondary N) is 1. The Balaban J connectivity index is 2.94. The molecule has 1 aromatic rings. The molecular formula is C10H12F3N. The fourth-order valence-corrected chi connectivity index (χ4v) is 1.00. The molecule has 0 fully saturated rings. The van der Waals surface area contributed by atoms with Gasteiger partial charge in [-0.05, 0) is 25.5 Å². The summed E-state index contributed by atoms with van der Waals surface area (Å²) in [5.74, 6) is -3.76. The van der Waals surface area contributed by atoms with Gasteiger partial charge in [0.25, 0.3) is 0 Å². The number of anilines is 1. The number of halogens is 3. The van der Waals surface area contributed by atoms with Crippen LogP contribution in [0.25, 0.3) is 0 Å². The predicted octanol–water partition coefficient (Wildman–Crippen LogP) is 3.31. The average molecular weight is 203 g/mol. The van der Waals surface area contributed by atoms with Crippen LogP contribution in [0.4, 0.5) is 18.9 Å². The smallest absolute Gasteiger partial charge is 0.196 e. The van der Waals surface area contributed by atoms with Crippen molar-refractivity contribution in [2.75, 3.05) is 5.32 Å². The number of benzene rings is 1. The molecule has 0 heterocycles. The van der Waals surface area contributed by atoms with E-state index in [-0.39, 0.29) is 11.7 Å². The number of hydrogen-bond acceptors (Lipinski definition) is 1. The molecule has 0 aliphatic carbocycles. The maximum Gasteiger partial charge on any atom is 0.196 e.